The minimum atomic E-state index is -4.44. The van der Waals surface area contributed by atoms with Crippen LogP contribution in [0.15, 0.2) is 53.9 Å². The SMILES string of the molecule is COc1ccc(-c2nc(COC(=O)c3ccc(C(F)(F)F)cc3)cs2)cc1. The molecule has 0 atom stereocenters. The molecule has 3 aromatic rings. The molecule has 1 aromatic heterocycles. The van der Waals surface area contributed by atoms with Crippen molar-refractivity contribution in [1.82, 2.24) is 4.98 Å². The van der Waals surface area contributed by atoms with Crippen molar-refractivity contribution in [2.45, 2.75) is 12.8 Å². The van der Waals surface area contributed by atoms with Gasteiger partial charge in [-0.25, -0.2) is 9.78 Å². The van der Waals surface area contributed by atoms with Crippen LogP contribution in [0.2, 0.25) is 0 Å². The highest BCUT2D eigenvalue weighted by atomic mass is 32.1. The van der Waals surface area contributed by atoms with Gasteiger partial charge in [-0.15, -0.1) is 11.3 Å². The number of aromatic nitrogens is 1. The monoisotopic (exact) mass is 393 g/mol. The molecule has 8 heteroatoms. The highest BCUT2D eigenvalue weighted by Crippen LogP contribution is 2.29. The van der Waals surface area contributed by atoms with Crippen molar-refractivity contribution in [2.24, 2.45) is 0 Å². The Morgan fingerprint density at radius 1 is 1.07 bits per heavy atom. The number of carbonyl (C=O) groups is 1. The fourth-order valence-electron chi connectivity index (χ4n) is 2.26. The van der Waals surface area contributed by atoms with E-state index in [1.54, 1.807) is 12.5 Å². The van der Waals surface area contributed by atoms with Crippen LogP contribution in [0.25, 0.3) is 10.6 Å². The van der Waals surface area contributed by atoms with Gasteiger partial charge in [0.1, 0.15) is 17.4 Å². The maximum atomic E-state index is 12.5. The van der Waals surface area contributed by atoms with Gasteiger partial charge in [0.25, 0.3) is 0 Å². The van der Waals surface area contributed by atoms with Crippen molar-refractivity contribution in [3.63, 3.8) is 0 Å². The van der Waals surface area contributed by atoms with E-state index < -0.39 is 17.7 Å². The molecule has 4 nitrogen and oxygen atoms in total. The lowest BCUT2D eigenvalue weighted by molar-refractivity contribution is -0.137. The molecule has 0 radical (unpaired) electrons. The van der Waals surface area contributed by atoms with E-state index in [2.05, 4.69) is 4.98 Å². The molecule has 27 heavy (non-hydrogen) atoms. The molecule has 2 aromatic carbocycles. The number of esters is 1. The summed E-state index contributed by atoms with van der Waals surface area (Å²) in [4.78, 5) is 16.4. The van der Waals surface area contributed by atoms with Crippen LogP contribution >= 0.6 is 11.3 Å². The summed E-state index contributed by atoms with van der Waals surface area (Å²) in [6.07, 6.45) is -4.44. The lowest BCUT2D eigenvalue weighted by Gasteiger charge is -2.07. The summed E-state index contributed by atoms with van der Waals surface area (Å²) in [7, 11) is 1.58. The van der Waals surface area contributed by atoms with Crippen LogP contribution in [0.1, 0.15) is 21.6 Å². The fraction of sp³-hybridized carbons (Fsp3) is 0.158. The molecule has 0 aliphatic rings. The molecule has 0 amide bonds. The minimum Gasteiger partial charge on any atom is -0.497 e. The van der Waals surface area contributed by atoms with Crippen LogP contribution in [-0.4, -0.2) is 18.1 Å². The first-order valence-corrected chi connectivity index (χ1v) is 8.68. The molecule has 0 aliphatic heterocycles. The highest BCUT2D eigenvalue weighted by Gasteiger charge is 2.30. The normalized spacial score (nSPS) is 11.3. The summed E-state index contributed by atoms with van der Waals surface area (Å²) in [5.41, 5.74) is 0.698. The van der Waals surface area contributed by atoms with E-state index in [0.29, 0.717) is 5.69 Å². The van der Waals surface area contributed by atoms with Gasteiger partial charge < -0.3 is 9.47 Å². The summed E-state index contributed by atoms with van der Waals surface area (Å²) in [5.74, 6) is 0.0312. The van der Waals surface area contributed by atoms with Gasteiger partial charge in [-0.05, 0) is 48.5 Å². The minimum absolute atomic E-state index is 0.0496. The summed E-state index contributed by atoms with van der Waals surface area (Å²) >= 11 is 1.40. The molecular weight excluding hydrogens is 379 g/mol. The molecule has 0 saturated heterocycles. The van der Waals surface area contributed by atoms with E-state index in [1.165, 1.54) is 11.3 Å². The number of hydrogen-bond donors (Lipinski definition) is 0. The Morgan fingerprint density at radius 2 is 1.74 bits per heavy atom. The smallest absolute Gasteiger partial charge is 0.416 e. The maximum absolute atomic E-state index is 12.5. The third-order valence-electron chi connectivity index (χ3n) is 3.69. The Morgan fingerprint density at radius 3 is 2.33 bits per heavy atom. The van der Waals surface area contributed by atoms with Gasteiger partial charge in [-0.2, -0.15) is 13.2 Å². The second kappa shape index (κ2) is 7.79. The number of alkyl halides is 3. The number of ether oxygens (including phenoxy) is 2. The highest BCUT2D eigenvalue weighted by molar-refractivity contribution is 7.13. The molecule has 3 rings (SSSR count). The standard InChI is InChI=1S/C19H14F3NO3S/c1-25-16-8-4-12(5-9-16)17-23-15(11-27-17)10-26-18(24)13-2-6-14(7-3-13)19(20,21)22/h2-9,11H,10H2,1H3. The van der Waals surface area contributed by atoms with Crippen molar-refractivity contribution in [3.8, 4) is 16.3 Å². The molecule has 0 unspecified atom stereocenters. The molecule has 0 fully saturated rings. The maximum Gasteiger partial charge on any atom is 0.416 e. The summed E-state index contributed by atoms with van der Waals surface area (Å²) in [6.45, 7) is -0.0630. The van der Waals surface area contributed by atoms with Gasteiger partial charge in [-0.1, -0.05) is 0 Å². The first-order valence-electron chi connectivity index (χ1n) is 7.80. The number of rotatable bonds is 5. The van der Waals surface area contributed by atoms with Gasteiger partial charge in [0, 0.05) is 10.9 Å². The second-order valence-corrected chi connectivity index (χ2v) is 6.38. The Kier molecular flexibility index (Phi) is 5.46. The number of carbonyl (C=O) groups excluding carboxylic acids is 1. The predicted octanol–water partition coefficient (Wildman–Crippen LogP) is 5.19. The Bertz CT molecular complexity index is 919. The molecule has 140 valence electrons. The van der Waals surface area contributed by atoms with Crippen molar-refractivity contribution in [2.75, 3.05) is 7.11 Å². The van der Waals surface area contributed by atoms with Crippen LogP contribution in [-0.2, 0) is 17.5 Å². The van der Waals surface area contributed by atoms with E-state index in [-0.39, 0.29) is 12.2 Å². The quantitative estimate of drug-likeness (QED) is 0.560. The summed E-state index contributed by atoms with van der Waals surface area (Å²) < 4.78 is 47.9. The van der Waals surface area contributed by atoms with Crippen molar-refractivity contribution in [3.05, 3.63) is 70.7 Å². The zero-order valence-electron chi connectivity index (χ0n) is 14.1. The zero-order valence-corrected chi connectivity index (χ0v) is 14.9. The average molecular weight is 393 g/mol. The van der Waals surface area contributed by atoms with Crippen molar-refractivity contribution < 1.29 is 27.4 Å². The van der Waals surface area contributed by atoms with E-state index in [4.69, 9.17) is 9.47 Å². The largest absolute Gasteiger partial charge is 0.497 e. The molecular formula is C19H14F3NO3S. The van der Waals surface area contributed by atoms with Gasteiger partial charge in [-0.3, -0.25) is 0 Å². The molecule has 1 heterocycles. The van der Waals surface area contributed by atoms with Crippen molar-refractivity contribution >= 4 is 17.3 Å². The van der Waals surface area contributed by atoms with E-state index >= 15 is 0 Å². The number of benzene rings is 2. The Hall–Kier alpha value is -2.87. The third-order valence-corrected chi connectivity index (χ3v) is 4.63. The van der Waals surface area contributed by atoms with Crippen LogP contribution in [0.3, 0.4) is 0 Å². The van der Waals surface area contributed by atoms with Crippen LogP contribution in [0, 0.1) is 0 Å². The Labute approximate surface area is 157 Å². The summed E-state index contributed by atoms with van der Waals surface area (Å²) in [6, 6.07) is 11.3. The molecule has 0 spiro atoms. The van der Waals surface area contributed by atoms with Gasteiger partial charge in [0.2, 0.25) is 0 Å². The first-order chi connectivity index (χ1) is 12.9. The topological polar surface area (TPSA) is 48.4 Å². The Balaban J connectivity index is 1.61. The summed E-state index contributed by atoms with van der Waals surface area (Å²) in [5, 5.41) is 2.53. The fourth-order valence-corrected chi connectivity index (χ4v) is 3.07. The lowest BCUT2D eigenvalue weighted by atomic mass is 10.1. The van der Waals surface area contributed by atoms with Gasteiger partial charge in [0.05, 0.1) is 23.9 Å². The van der Waals surface area contributed by atoms with Crippen LogP contribution < -0.4 is 4.74 Å². The number of hydrogen-bond acceptors (Lipinski definition) is 5. The number of thiazole rings is 1. The first kappa shape index (κ1) is 18.9. The van der Waals surface area contributed by atoms with E-state index in [1.807, 2.05) is 24.3 Å². The average Bonchev–Trinajstić information content (AvgIpc) is 3.14. The molecule has 0 aliphatic carbocycles. The molecule has 0 bridgehead atoms. The van der Waals surface area contributed by atoms with Gasteiger partial charge >= 0.3 is 12.1 Å². The van der Waals surface area contributed by atoms with Crippen LogP contribution in [0.4, 0.5) is 13.2 Å². The number of methoxy groups -OCH3 is 1. The number of nitrogens with zero attached hydrogens (tertiary/aromatic N) is 1. The van der Waals surface area contributed by atoms with Crippen LogP contribution in [0.5, 0.6) is 5.75 Å². The molecule has 0 saturated carbocycles. The van der Waals surface area contributed by atoms with E-state index in [9.17, 15) is 18.0 Å². The third kappa shape index (κ3) is 4.65. The number of halogens is 3. The zero-order chi connectivity index (χ0) is 19.4. The predicted molar refractivity (Wildman–Crippen MR) is 94.7 cm³/mol. The second-order valence-electron chi connectivity index (χ2n) is 5.52. The van der Waals surface area contributed by atoms with Crippen molar-refractivity contribution in [1.29, 1.82) is 0 Å². The molecule has 0 N–H and O–H groups in total. The van der Waals surface area contributed by atoms with Gasteiger partial charge in [0.15, 0.2) is 0 Å². The van der Waals surface area contributed by atoms with E-state index in [0.717, 1.165) is 40.6 Å². The lowest BCUT2D eigenvalue weighted by Crippen LogP contribution is -2.08.